The molecule has 0 radical (unpaired) electrons. The van der Waals surface area contributed by atoms with E-state index in [-0.39, 0.29) is 24.1 Å². The monoisotopic (exact) mass is 358 g/mol. The number of halogens is 1. The van der Waals surface area contributed by atoms with Gasteiger partial charge in [-0.15, -0.1) is 0 Å². The second-order valence-electron chi connectivity index (χ2n) is 6.17. The number of amides is 1. The molecular formula is C20H23FN2O3. The topological polar surface area (TPSA) is 58.6 Å². The number of ether oxygens (including phenoxy) is 1. The van der Waals surface area contributed by atoms with Crippen LogP contribution < -0.4 is 10.2 Å². The van der Waals surface area contributed by atoms with Gasteiger partial charge in [0.15, 0.2) is 0 Å². The van der Waals surface area contributed by atoms with Crippen molar-refractivity contribution in [2.24, 2.45) is 0 Å². The maximum atomic E-state index is 14.1. The van der Waals surface area contributed by atoms with Gasteiger partial charge in [0, 0.05) is 23.0 Å². The molecule has 26 heavy (non-hydrogen) atoms. The van der Waals surface area contributed by atoms with Crippen molar-refractivity contribution < 1.29 is 18.7 Å². The van der Waals surface area contributed by atoms with Crippen LogP contribution in [0.2, 0.25) is 0 Å². The molecule has 2 rings (SSSR count). The normalized spacial score (nSPS) is 10.5. The zero-order valence-corrected chi connectivity index (χ0v) is 15.4. The SMILES string of the molecule is COC(=O)c1cc(F)c(C)c(NCC(=O)N(c2ccccc2)C(C)C)c1. The number of carbonyl (C=O) groups is 2. The third-order valence-corrected chi connectivity index (χ3v) is 4.01. The minimum absolute atomic E-state index is 0.0298. The number of benzene rings is 2. The Morgan fingerprint density at radius 3 is 2.42 bits per heavy atom. The van der Waals surface area contributed by atoms with Crippen LogP contribution in [0.3, 0.4) is 0 Å². The Labute approximate surface area is 152 Å². The number of para-hydroxylation sites is 1. The van der Waals surface area contributed by atoms with Crippen molar-refractivity contribution in [2.75, 3.05) is 23.9 Å². The van der Waals surface area contributed by atoms with Crippen molar-refractivity contribution in [3.05, 3.63) is 59.4 Å². The molecule has 0 fully saturated rings. The molecule has 0 saturated heterocycles. The lowest BCUT2D eigenvalue weighted by atomic mass is 10.1. The van der Waals surface area contributed by atoms with Crippen LogP contribution >= 0.6 is 0 Å². The van der Waals surface area contributed by atoms with E-state index in [4.69, 9.17) is 0 Å². The molecule has 0 aromatic heterocycles. The predicted molar refractivity (Wildman–Crippen MR) is 100 cm³/mol. The highest BCUT2D eigenvalue weighted by Crippen LogP contribution is 2.22. The minimum atomic E-state index is -0.633. The van der Waals surface area contributed by atoms with Gasteiger partial charge in [0.05, 0.1) is 19.2 Å². The molecule has 0 heterocycles. The van der Waals surface area contributed by atoms with Gasteiger partial charge < -0.3 is 15.0 Å². The molecule has 0 spiro atoms. The number of anilines is 2. The van der Waals surface area contributed by atoms with Gasteiger partial charge >= 0.3 is 5.97 Å². The number of nitrogens with zero attached hydrogens (tertiary/aromatic N) is 1. The van der Waals surface area contributed by atoms with Crippen LogP contribution in [0, 0.1) is 12.7 Å². The van der Waals surface area contributed by atoms with Gasteiger partial charge in [0.1, 0.15) is 5.82 Å². The van der Waals surface area contributed by atoms with E-state index in [1.165, 1.54) is 13.2 Å². The number of hydrogen-bond donors (Lipinski definition) is 1. The van der Waals surface area contributed by atoms with Crippen molar-refractivity contribution in [2.45, 2.75) is 26.8 Å². The van der Waals surface area contributed by atoms with Gasteiger partial charge in [-0.3, -0.25) is 4.79 Å². The molecule has 1 amide bonds. The summed E-state index contributed by atoms with van der Waals surface area (Å²) >= 11 is 0. The number of carbonyl (C=O) groups excluding carboxylic acids is 2. The zero-order valence-electron chi connectivity index (χ0n) is 15.4. The van der Waals surface area contributed by atoms with Crippen LogP contribution in [0.1, 0.15) is 29.8 Å². The van der Waals surface area contributed by atoms with E-state index in [2.05, 4.69) is 10.1 Å². The fraction of sp³-hybridized carbons (Fsp3) is 0.300. The highest BCUT2D eigenvalue weighted by atomic mass is 19.1. The number of hydrogen-bond acceptors (Lipinski definition) is 4. The van der Waals surface area contributed by atoms with Crippen molar-refractivity contribution in [3.63, 3.8) is 0 Å². The maximum Gasteiger partial charge on any atom is 0.338 e. The van der Waals surface area contributed by atoms with Gasteiger partial charge in [-0.1, -0.05) is 18.2 Å². The Bertz CT molecular complexity index is 791. The Balaban J connectivity index is 2.20. The summed E-state index contributed by atoms with van der Waals surface area (Å²) in [5.41, 5.74) is 1.60. The van der Waals surface area contributed by atoms with Crippen molar-refractivity contribution in [3.8, 4) is 0 Å². The fourth-order valence-electron chi connectivity index (χ4n) is 2.67. The van der Waals surface area contributed by atoms with Crippen LogP contribution in [0.5, 0.6) is 0 Å². The highest BCUT2D eigenvalue weighted by Gasteiger charge is 2.19. The first-order valence-corrected chi connectivity index (χ1v) is 8.34. The van der Waals surface area contributed by atoms with E-state index >= 15 is 0 Å². The third kappa shape index (κ3) is 4.39. The molecule has 0 aliphatic rings. The molecular weight excluding hydrogens is 335 g/mol. The summed E-state index contributed by atoms with van der Waals surface area (Å²) in [5.74, 6) is -1.33. The Kier molecular flexibility index (Phi) is 6.33. The van der Waals surface area contributed by atoms with Gasteiger partial charge in [-0.2, -0.15) is 0 Å². The largest absolute Gasteiger partial charge is 0.465 e. The highest BCUT2D eigenvalue weighted by molar-refractivity contribution is 5.97. The molecule has 0 atom stereocenters. The molecule has 0 unspecified atom stereocenters. The molecule has 0 saturated carbocycles. The Morgan fingerprint density at radius 2 is 1.85 bits per heavy atom. The summed E-state index contributed by atoms with van der Waals surface area (Å²) in [6.45, 7) is 5.40. The van der Waals surface area contributed by atoms with Crippen molar-refractivity contribution in [1.82, 2.24) is 0 Å². The summed E-state index contributed by atoms with van der Waals surface area (Å²) in [6.07, 6.45) is 0. The van der Waals surface area contributed by atoms with Crippen LogP contribution in [0.25, 0.3) is 0 Å². The summed E-state index contributed by atoms with van der Waals surface area (Å²) in [5, 5.41) is 2.94. The quantitative estimate of drug-likeness (QED) is 0.799. The first-order chi connectivity index (χ1) is 12.3. The van der Waals surface area contributed by atoms with Crippen molar-refractivity contribution >= 4 is 23.3 Å². The molecule has 0 aliphatic carbocycles. The fourth-order valence-corrected chi connectivity index (χ4v) is 2.67. The van der Waals surface area contributed by atoms with Crippen LogP contribution in [0.15, 0.2) is 42.5 Å². The maximum absolute atomic E-state index is 14.1. The van der Waals surface area contributed by atoms with E-state index in [0.717, 1.165) is 11.8 Å². The molecule has 1 N–H and O–H groups in total. The smallest absolute Gasteiger partial charge is 0.338 e. The lowest BCUT2D eigenvalue weighted by Crippen LogP contribution is -2.40. The summed E-state index contributed by atoms with van der Waals surface area (Å²) < 4.78 is 18.7. The van der Waals surface area contributed by atoms with Crippen LogP contribution in [-0.4, -0.2) is 31.6 Å². The van der Waals surface area contributed by atoms with Gasteiger partial charge in [0.25, 0.3) is 0 Å². The molecule has 0 bridgehead atoms. The van der Waals surface area contributed by atoms with E-state index < -0.39 is 11.8 Å². The first kappa shape index (κ1) is 19.4. The summed E-state index contributed by atoms with van der Waals surface area (Å²) in [6, 6.07) is 11.9. The van der Waals surface area contributed by atoms with Crippen LogP contribution in [-0.2, 0) is 9.53 Å². The average molecular weight is 358 g/mol. The second kappa shape index (κ2) is 8.47. The summed E-state index contributed by atoms with van der Waals surface area (Å²) in [4.78, 5) is 26.0. The number of esters is 1. The average Bonchev–Trinajstić information content (AvgIpc) is 2.62. The Morgan fingerprint density at radius 1 is 1.19 bits per heavy atom. The third-order valence-electron chi connectivity index (χ3n) is 4.01. The van der Waals surface area contributed by atoms with E-state index in [9.17, 15) is 14.0 Å². The number of rotatable bonds is 6. The predicted octanol–water partition coefficient (Wildman–Crippen LogP) is 3.77. The number of nitrogens with one attached hydrogen (secondary N) is 1. The van der Waals surface area contributed by atoms with Crippen molar-refractivity contribution in [1.29, 1.82) is 0 Å². The van der Waals surface area contributed by atoms with Gasteiger partial charge in [-0.05, 0) is 45.0 Å². The number of methoxy groups -OCH3 is 1. The Hall–Kier alpha value is -2.89. The molecule has 6 heteroatoms. The molecule has 5 nitrogen and oxygen atoms in total. The standard InChI is InChI=1S/C20H23FN2O3/c1-13(2)23(16-8-6-5-7-9-16)19(24)12-22-18-11-15(20(25)26-4)10-17(21)14(18)3/h5-11,13,22H,12H2,1-4H3. The minimum Gasteiger partial charge on any atom is -0.465 e. The molecule has 0 aliphatic heterocycles. The van der Waals surface area contributed by atoms with E-state index in [1.807, 2.05) is 44.2 Å². The molecule has 2 aromatic carbocycles. The zero-order chi connectivity index (χ0) is 19.3. The van der Waals surface area contributed by atoms with Gasteiger partial charge in [0.2, 0.25) is 5.91 Å². The first-order valence-electron chi connectivity index (χ1n) is 8.34. The van der Waals surface area contributed by atoms with Crippen LogP contribution in [0.4, 0.5) is 15.8 Å². The van der Waals surface area contributed by atoms with E-state index in [0.29, 0.717) is 11.3 Å². The molecule has 138 valence electrons. The lowest BCUT2D eigenvalue weighted by Gasteiger charge is -2.27. The molecule has 2 aromatic rings. The van der Waals surface area contributed by atoms with E-state index in [1.54, 1.807) is 11.8 Å². The summed E-state index contributed by atoms with van der Waals surface area (Å²) in [7, 11) is 1.23. The van der Waals surface area contributed by atoms with Gasteiger partial charge in [-0.25, -0.2) is 9.18 Å². The lowest BCUT2D eigenvalue weighted by molar-refractivity contribution is -0.117. The second-order valence-corrected chi connectivity index (χ2v) is 6.17.